The van der Waals surface area contributed by atoms with E-state index in [1.54, 1.807) is 6.33 Å². The molecule has 2 heterocycles. The molecule has 0 aliphatic rings. The molecule has 4 aromatic rings. The molecule has 29 heavy (non-hydrogen) atoms. The summed E-state index contributed by atoms with van der Waals surface area (Å²) in [6, 6.07) is 21.5. The molecule has 0 N–H and O–H groups in total. The lowest BCUT2D eigenvalue weighted by atomic mass is 10.1. The first-order valence-electron chi connectivity index (χ1n) is 8.77. The number of hydrogen-bond donors (Lipinski definition) is 0. The minimum atomic E-state index is -0.891. The first kappa shape index (κ1) is 19.1. The van der Waals surface area contributed by atoms with Crippen LogP contribution in [0.15, 0.2) is 77.5 Å². The Labute approximate surface area is 175 Å². The number of ketones is 1. The van der Waals surface area contributed by atoms with E-state index in [0.29, 0.717) is 10.2 Å². The Bertz CT molecular complexity index is 1150. The summed E-state index contributed by atoms with van der Waals surface area (Å²) >= 11 is 2.60. The van der Waals surface area contributed by atoms with Gasteiger partial charge >= 0.3 is 0 Å². The molecule has 8 heteroatoms. The molecule has 0 radical (unpaired) electrons. The van der Waals surface area contributed by atoms with Crippen molar-refractivity contribution in [1.29, 1.82) is 5.26 Å². The van der Waals surface area contributed by atoms with Crippen LogP contribution in [0.2, 0.25) is 0 Å². The van der Waals surface area contributed by atoms with Crippen LogP contribution in [-0.4, -0.2) is 31.3 Å². The molecule has 0 spiro atoms. The van der Waals surface area contributed by atoms with Gasteiger partial charge in [-0.3, -0.25) is 9.36 Å². The Balaban J connectivity index is 1.47. The van der Waals surface area contributed by atoms with Crippen LogP contribution in [0.4, 0.5) is 0 Å². The summed E-state index contributed by atoms with van der Waals surface area (Å²) in [7, 11) is 0. The van der Waals surface area contributed by atoms with Crippen molar-refractivity contribution < 1.29 is 4.79 Å². The molecule has 0 unspecified atom stereocenters. The van der Waals surface area contributed by atoms with Gasteiger partial charge in [-0.05, 0) is 12.1 Å². The van der Waals surface area contributed by atoms with Crippen molar-refractivity contribution in [2.75, 3.05) is 5.75 Å². The van der Waals surface area contributed by atoms with E-state index in [9.17, 15) is 10.1 Å². The molecule has 1 atom stereocenters. The minimum Gasteiger partial charge on any atom is -0.297 e. The van der Waals surface area contributed by atoms with Gasteiger partial charge in [0.1, 0.15) is 11.3 Å². The predicted molar refractivity (Wildman–Crippen MR) is 113 cm³/mol. The fraction of sp³-hybridized carbons (Fsp3) is 0.0952. The standard InChI is InChI=1S/C21H15N5OS2/c22-11-17(20-24-18(12-28-20)15-7-3-1-4-8-15)19(27)13-29-21-25-23-14-26(21)16-9-5-2-6-10-16/h1-10,12,14,17H,13H2/t17-/m0/s1. The Morgan fingerprint density at radius 2 is 1.86 bits per heavy atom. The second-order valence-corrected chi connectivity index (χ2v) is 7.91. The number of carbonyl (C=O) groups excluding carboxylic acids is 1. The third-order valence-electron chi connectivity index (χ3n) is 4.18. The van der Waals surface area contributed by atoms with Gasteiger partial charge in [-0.15, -0.1) is 21.5 Å². The summed E-state index contributed by atoms with van der Waals surface area (Å²) in [4.78, 5) is 17.2. The lowest BCUT2D eigenvalue weighted by molar-refractivity contribution is -0.116. The van der Waals surface area contributed by atoms with Crippen LogP contribution >= 0.6 is 23.1 Å². The summed E-state index contributed by atoms with van der Waals surface area (Å²) in [5.41, 5.74) is 2.65. The summed E-state index contributed by atoms with van der Waals surface area (Å²) in [6.07, 6.45) is 1.61. The number of hydrogen-bond acceptors (Lipinski definition) is 7. The maximum absolute atomic E-state index is 12.7. The van der Waals surface area contributed by atoms with E-state index >= 15 is 0 Å². The van der Waals surface area contributed by atoms with Crippen LogP contribution in [0.5, 0.6) is 0 Å². The largest absolute Gasteiger partial charge is 0.297 e. The number of nitriles is 1. The monoisotopic (exact) mass is 417 g/mol. The topological polar surface area (TPSA) is 84.5 Å². The van der Waals surface area contributed by atoms with Crippen molar-refractivity contribution in [2.45, 2.75) is 11.1 Å². The van der Waals surface area contributed by atoms with Crippen molar-refractivity contribution in [3.05, 3.63) is 77.4 Å². The maximum Gasteiger partial charge on any atom is 0.196 e. The average molecular weight is 418 g/mol. The summed E-state index contributed by atoms with van der Waals surface area (Å²) in [6.45, 7) is 0. The van der Waals surface area contributed by atoms with Crippen molar-refractivity contribution in [1.82, 2.24) is 19.7 Å². The molecule has 0 fully saturated rings. The second kappa shape index (κ2) is 8.82. The number of carbonyl (C=O) groups is 1. The van der Waals surface area contributed by atoms with Crippen molar-refractivity contribution in [3.8, 4) is 23.0 Å². The van der Waals surface area contributed by atoms with Gasteiger partial charge in [-0.2, -0.15) is 5.26 Å². The smallest absolute Gasteiger partial charge is 0.196 e. The number of para-hydroxylation sites is 1. The SMILES string of the molecule is N#C[C@@H](C(=O)CSc1nncn1-c1ccccc1)c1nc(-c2ccccc2)cs1. The molecule has 4 rings (SSSR count). The van der Waals surface area contributed by atoms with Gasteiger partial charge in [0.25, 0.3) is 0 Å². The highest BCUT2D eigenvalue weighted by molar-refractivity contribution is 7.99. The lowest BCUT2D eigenvalue weighted by Crippen LogP contribution is -2.13. The van der Waals surface area contributed by atoms with E-state index in [1.807, 2.05) is 70.6 Å². The fourth-order valence-electron chi connectivity index (χ4n) is 2.73. The van der Waals surface area contributed by atoms with Crippen molar-refractivity contribution in [3.63, 3.8) is 0 Å². The van der Waals surface area contributed by atoms with E-state index in [-0.39, 0.29) is 11.5 Å². The highest BCUT2D eigenvalue weighted by Gasteiger charge is 2.24. The van der Waals surface area contributed by atoms with Crippen LogP contribution in [0.3, 0.4) is 0 Å². The first-order valence-corrected chi connectivity index (χ1v) is 10.6. The van der Waals surface area contributed by atoms with Crippen molar-refractivity contribution in [2.24, 2.45) is 0 Å². The predicted octanol–water partition coefficient (Wildman–Crippen LogP) is 4.36. The van der Waals surface area contributed by atoms with E-state index in [0.717, 1.165) is 16.9 Å². The molecule has 0 saturated carbocycles. The summed E-state index contributed by atoms with van der Waals surface area (Å²) in [5, 5.41) is 20.6. The normalized spacial score (nSPS) is 11.7. The zero-order chi connectivity index (χ0) is 20.1. The van der Waals surface area contributed by atoms with Crippen LogP contribution < -0.4 is 0 Å². The zero-order valence-electron chi connectivity index (χ0n) is 15.2. The van der Waals surface area contributed by atoms with Gasteiger partial charge in [0.15, 0.2) is 16.9 Å². The number of thioether (sulfide) groups is 1. The first-order chi connectivity index (χ1) is 14.3. The molecular formula is C21H15N5OS2. The molecule has 0 aliphatic heterocycles. The van der Waals surface area contributed by atoms with Crippen LogP contribution in [-0.2, 0) is 4.79 Å². The fourth-order valence-corrected chi connectivity index (χ4v) is 4.46. The molecule has 142 valence electrons. The Morgan fingerprint density at radius 3 is 2.59 bits per heavy atom. The summed E-state index contributed by atoms with van der Waals surface area (Å²) in [5.74, 6) is -0.976. The average Bonchev–Trinajstić information content (AvgIpc) is 3.44. The molecule has 2 aromatic carbocycles. The minimum absolute atomic E-state index is 0.115. The summed E-state index contributed by atoms with van der Waals surface area (Å²) < 4.78 is 1.82. The third-order valence-corrected chi connectivity index (χ3v) is 6.06. The van der Waals surface area contributed by atoms with Crippen LogP contribution in [0.25, 0.3) is 16.9 Å². The molecule has 0 bridgehead atoms. The quantitative estimate of drug-likeness (QED) is 0.416. The number of rotatable bonds is 7. The lowest BCUT2D eigenvalue weighted by Gasteiger charge is -2.07. The maximum atomic E-state index is 12.7. The van der Waals surface area contributed by atoms with E-state index in [2.05, 4.69) is 21.3 Å². The molecular weight excluding hydrogens is 402 g/mol. The van der Waals surface area contributed by atoms with Crippen LogP contribution in [0, 0.1) is 11.3 Å². The van der Waals surface area contributed by atoms with E-state index in [4.69, 9.17) is 0 Å². The van der Waals surface area contributed by atoms with Gasteiger partial charge in [-0.1, -0.05) is 60.3 Å². The Morgan fingerprint density at radius 1 is 1.14 bits per heavy atom. The number of thiazole rings is 1. The van der Waals surface area contributed by atoms with Gasteiger partial charge in [-0.25, -0.2) is 4.98 Å². The van der Waals surface area contributed by atoms with Crippen LogP contribution in [0.1, 0.15) is 10.9 Å². The highest BCUT2D eigenvalue weighted by atomic mass is 32.2. The number of benzene rings is 2. The zero-order valence-corrected chi connectivity index (χ0v) is 16.8. The second-order valence-electron chi connectivity index (χ2n) is 6.07. The number of aromatic nitrogens is 4. The number of Topliss-reactive ketones (excluding diaryl/α,β-unsaturated/α-hetero) is 1. The van der Waals surface area contributed by atoms with Gasteiger partial charge in [0, 0.05) is 16.6 Å². The van der Waals surface area contributed by atoms with Gasteiger partial charge in [0.2, 0.25) is 0 Å². The Hall–Kier alpha value is -3.28. The molecule has 6 nitrogen and oxygen atoms in total. The molecule has 0 amide bonds. The van der Waals surface area contributed by atoms with E-state index < -0.39 is 5.92 Å². The van der Waals surface area contributed by atoms with E-state index in [1.165, 1.54) is 23.1 Å². The highest BCUT2D eigenvalue weighted by Crippen LogP contribution is 2.28. The van der Waals surface area contributed by atoms with Gasteiger partial charge < -0.3 is 0 Å². The molecule has 0 saturated heterocycles. The number of nitrogens with zero attached hydrogens (tertiary/aromatic N) is 5. The molecule has 0 aliphatic carbocycles. The Kier molecular flexibility index (Phi) is 5.79. The third kappa shape index (κ3) is 4.26. The van der Waals surface area contributed by atoms with Gasteiger partial charge in [0.05, 0.1) is 17.5 Å². The van der Waals surface area contributed by atoms with Crippen molar-refractivity contribution >= 4 is 28.9 Å². The molecule has 2 aromatic heterocycles.